The van der Waals surface area contributed by atoms with Crippen LogP contribution in [0.4, 0.5) is 34.5 Å². The second kappa shape index (κ2) is 29.2. The SMILES string of the molecule is C=C(CN(C)CCNc1c(NCc2ccc(Nc3ncc(Cl)c(Nc4ccccc4C(=O)NC)n3)cc2)c(=O)c1=O)C(=O)NCCNC(=O)CCOCCOCCOCCOCCNC(C)=O. The Morgan fingerprint density at radius 3 is 2.04 bits per heavy atom. The van der Waals surface area contributed by atoms with Crippen molar-refractivity contribution in [3.05, 3.63) is 103 Å². The summed E-state index contributed by atoms with van der Waals surface area (Å²) in [5.74, 6) is -0.355. The molecule has 4 amide bonds. The number of aromatic nitrogens is 2. The molecule has 0 aliphatic rings. The number of ether oxygens (including phenoxy) is 4. The Hall–Kier alpha value is -6.49. The van der Waals surface area contributed by atoms with Crippen LogP contribution < -0.4 is 53.4 Å². The molecular formula is C45H60ClN11O10. The van der Waals surface area contributed by atoms with Crippen molar-refractivity contribution >= 4 is 69.7 Å². The van der Waals surface area contributed by atoms with Gasteiger partial charge in [-0.05, 0) is 36.9 Å². The molecule has 67 heavy (non-hydrogen) atoms. The first-order chi connectivity index (χ1) is 32.4. The molecular weight excluding hydrogens is 890 g/mol. The topological polar surface area (TPSA) is 265 Å². The molecule has 0 aliphatic carbocycles. The van der Waals surface area contributed by atoms with E-state index >= 15 is 0 Å². The lowest BCUT2D eigenvalue weighted by molar-refractivity contribution is -0.123. The predicted octanol–water partition coefficient (Wildman–Crippen LogP) is 1.91. The summed E-state index contributed by atoms with van der Waals surface area (Å²) in [5, 5.41) is 23.3. The lowest BCUT2D eigenvalue weighted by Crippen LogP contribution is -2.39. The van der Waals surface area contributed by atoms with Gasteiger partial charge in [-0.1, -0.05) is 42.4 Å². The molecule has 1 heterocycles. The van der Waals surface area contributed by atoms with Crippen LogP contribution in [0.5, 0.6) is 0 Å². The predicted molar refractivity (Wildman–Crippen MR) is 256 cm³/mol. The normalized spacial score (nSPS) is 10.9. The van der Waals surface area contributed by atoms with Crippen LogP contribution >= 0.6 is 11.6 Å². The van der Waals surface area contributed by atoms with Gasteiger partial charge in [0.2, 0.25) is 23.7 Å². The van der Waals surface area contributed by atoms with Crippen LogP contribution in [-0.2, 0) is 39.9 Å². The van der Waals surface area contributed by atoms with E-state index in [9.17, 15) is 28.8 Å². The van der Waals surface area contributed by atoms with Crippen molar-refractivity contribution in [1.29, 1.82) is 0 Å². The van der Waals surface area contributed by atoms with Crippen LogP contribution in [0.25, 0.3) is 0 Å². The molecule has 4 rings (SSSR count). The number of carbonyl (C=O) groups is 4. The van der Waals surface area contributed by atoms with E-state index in [1.165, 1.54) is 13.1 Å². The highest BCUT2D eigenvalue weighted by molar-refractivity contribution is 6.33. The van der Waals surface area contributed by atoms with Crippen molar-refractivity contribution in [2.45, 2.75) is 19.9 Å². The van der Waals surface area contributed by atoms with Gasteiger partial charge in [-0.15, -0.1) is 0 Å². The van der Waals surface area contributed by atoms with Gasteiger partial charge in [0.1, 0.15) is 16.4 Å². The Balaban J connectivity index is 1.05. The minimum absolute atomic E-state index is 0.0953. The smallest absolute Gasteiger partial charge is 0.253 e. The maximum absolute atomic E-state index is 12.6. The van der Waals surface area contributed by atoms with Gasteiger partial charge in [-0.25, -0.2) is 4.98 Å². The number of rotatable bonds is 33. The highest BCUT2D eigenvalue weighted by atomic mass is 35.5. The maximum atomic E-state index is 12.6. The van der Waals surface area contributed by atoms with E-state index in [0.29, 0.717) is 94.2 Å². The number of anilines is 6. The van der Waals surface area contributed by atoms with E-state index in [0.717, 1.165) is 5.56 Å². The van der Waals surface area contributed by atoms with Gasteiger partial charge >= 0.3 is 0 Å². The summed E-state index contributed by atoms with van der Waals surface area (Å²) in [6, 6.07) is 14.3. The van der Waals surface area contributed by atoms with Gasteiger partial charge in [0.15, 0.2) is 5.82 Å². The monoisotopic (exact) mass is 949 g/mol. The lowest BCUT2D eigenvalue weighted by Gasteiger charge is -2.20. The van der Waals surface area contributed by atoms with Crippen molar-refractivity contribution in [2.75, 3.05) is 127 Å². The molecule has 0 saturated heterocycles. The molecule has 0 aliphatic heterocycles. The van der Waals surface area contributed by atoms with Crippen LogP contribution in [0.1, 0.15) is 29.3 Å². The fourth-order valence-corrected chi connectivity index (χ4v) is 6.13. The van der Waals surface area contributed by atoms with E-state index in [1.54, 1.807) is 38.4 Å². The largest absolute Gasteiger partial charge is 0.379 e. The number of likely N-dealkylation sites (N-methyl/N-ethyl adjacent to an activating group) is 1. The number of amides is 4. The number of hydrogen-bond acceptors (Lipinski definition) is 17. The highest BCUT2D eigenvalue weighted by Crippen LogP contribution is 2.27. The molecule has 0 radical (unpaired) electrons. The zero-order chi connectivity index (χ0) is 48.4. The molecule has 0 atom stereocenters. The zero-order valence-corrected chi connectivity index (χ0v) is 38.8. The molecule has 0 bridgehead atoms. The van der Waals surface area contributed by atoms with Crippen LogP contribution in [0.3, 0.4) is 0 Å². The molecule has 0 spiro atoms. The lowest BCUT2D eigenvalue weighted by atomic mass is 10.1. The van der Waals surface area contributed by atoms with Crippen molar-refractivity contribution in [1.82, 2.24) is 36.1 Å². The first kappa shape index (κ1) is 53.1. The summed E-state index contributed by atoms with van der Waals surface area (Å²) >= 11 is 6.36. The molecule has 0 fully saturated rings. The fraction of sp³-hybridized carbons (Fsp3) is 0.422. The summed E-state index contributed by atoms with van der Waals surface area (Å²) in [7, 11) is 3.35. The van der Waals surface area contributed by atoms with Crippen molar-refractivity contribution in [2.24, 2.45) is 0 Å². The minimum atomic E-state index is -0.610. The standard InChI is InChI=1S/C45H60ClN11O10/c1-30(43(62)51-15-14-49-37(59)13-19-64-21-23-66-25-26-67-24-22-65-20-17-48-31(2)58)29-57(4)18-16-50-38-39(41(61)40(38)60)52-27-32-9-11-33(12-10-32)54-45-53-28-35(46)42(56-45)55-36-8-6-5-7-34(36)44(63)47-3/h5-12,28,50,52H,1,13-27,29H2,2-4H3,(H,47,63)(H,48,58)(H,49,59)(H,51,62)(H2,53,54,55,56). The van der Waals surface area contributed by atoms with Crippen LogP contribution in [0.2, 0.25) is 5.02 Å². The molecule has 8 N–H and O–H groups in total. The number of para-hydroxylation sites is 1. The fourth-order valence-electron chi connectivity index (χ4n) is 5.99. The number of halogens is 1. The number of nitrogens with zero attached hydrogens (tertiary/aromatic N) is 3. The third kappa shape index (κ3) is 19.1. The summed E-state index contributed by atoms with van der Waals surface area (Å²) in [5.41, 5.74) is 1.97. The van der Waals surface area contributed by atoms with E-state index in [2.05, 4.69) is 59.1 Å². The highest BCUT2D eigenvalue weighted by Gasteiger charge is 2.21. The van der Waals surface area contributed by atoms with Gasteiger partial charge in [0.25, 0.3) is 16.8 Å². The quantitative estimate of drug-likeness (QED) is 0.0193. The Morgan fingerprint density at radius 2 is 1.37 bits per heavy atom. The second-order valence-corrected chi connectivity index (χ2v) is 15.2. The zero-order valence-electron chi connectivity index (χ0n) is 38.0. The third-order valence-electron chi connectivity index (χ3n) is 9.51. The van der Waals surface area contributed by atoms with E-state index in [4.69, 9.17) is 30.5 Å². The van der Waals surface area contributed by atoms with E-state index in [-0.39, 0.29) is 85.2 Å². The van der Waals surface area contributed by atoms with Gasteiger partial charge in [-0.3, -0.25) is 28.8 Å². The number of benzene rings is 2. The van der Waals surface area contributed by atoms with Gasteiger partial charge < -0.3 is 66.4 Å². The Morgan fingerprint density at radius 1 is 0.746 bits per heavy atom. The Labute approximate surface area is 393 Å². The van der Waals surface area contributed by atoms with E-state index < -0.39 is 10.9 Å². The number of carbonyl (C=O) groups excluding carboxylic acids is 4. The molecule has 3 aromatic carbocycles. The average Bonchev–Trinajstić information content (AvgIpc) is 3.32. The molecule has 362 valence electrons. The Kier molecular flexibility index (Phi) is 23.2. The van der Waals surface area contributed by atoms with Crippen molar-refractivity contribution in [3.63, 3.8) is 0 Å². The van der Waals surface area contributed by atoms with Gasteiger partial charge in [0.05, 0.1) is 70.3 Å². The Bertz CT molecular complexity index is 2310. The van der Waals surface area contributed by atoms with E-state index in [1.807, 2.05) is 29.2 Å². The molecule has 22 heteroatoms. The summed E-state index contributed by atoms with van der Waals surface area (Å²) < 4.78 is 21.6. The second-order valence-electron chi connectivity index (χ2n) is 14.8. The van der Waals surface area contributed by atoms with Gasteiger partial charge in [0, 0.05) is 77.5 Å². The van der Waals surface area contributed by atoms with Crippen LogP contribution in [0.15, 0.2) is 76.5 Å². The van der Waals surface area contributed by atoms with Crippen molar-refractivity contribution < 1.29 is 38.1 Å². The summed E-state index contributed by atoms with van der Waals surface area (Å²) in [4.78, 5) is 83.2. The third-order valence-corrected chi connectivity index (χ3v) is 9.78. The van der Waals surface area contributed by atoms with Crippen molar-refractivity contribution in [3.8, 4) is 0 Å². The molecule has 0 unspecified atom stereocenters. The first-order valence-corrected chi connectivity index (χ1v) is 22.0. The number of nitrogens with one attached hydrogen (secondary N) is 8. The number of hydrogen-bond donors (Lipinski definition) is 8. The summed E-state index contributed by atoms with van der Waals surface area (Å²) in [6.45, 7) is 10.5. The molecule has 4 aromatic rings. The maximum Gasteiger partial charge on any atom is 0.253 e. The van der Waals surface area contributed by atoms with Crippen LogP contribution in [0, 0.1) is 0 Å². The molecule has 0 saturated carbocycles. The molecule has 1 aromatic heterocycles. The van der Waals surface area contributed by atoms with Crippen LogP contribution in [-0.4, -0.2) is 145 Å². The average molecular weight is 950 g/mol. The van der Waals surface area contributed by atoms with Gasteiger partial charge in [-0.2, -0.15) is 4.98 Å². The first-order valence-electron chi connectivity index (χ1n) is 21.6. The molecule has 21 nitrogen and oxygen atoms in total. The minimum Gasteiger partial charge on any atom is -0.379 e. The summed E-state index contributed by atoms with van der Waals surface area (Å²) in [6.07, 6.45) is 1.61.